The van der Waals surface area contributed by atoms with Crippen LogP contribution in [0.3, 0.4) is 0 Å². The van der Waals surface area contributed by atoms with Gasteiger partial charge < -0.3 is 15.4 Å². The van der Waals surface area contributed by atoms with E-state index in [0.717, 1.165) is 41.3 Å². The van der Waals surface area contributed by atoms with Crippen LogP contribution in [0.15, 0.2) is 42.9 Å². The van der Waals surface area contributed by atoms with E-state index in [1.54, 1.807) is 19.5 Å². The second-order valence-corrected chi connectivity index (χ2v) is 7.78. The number of methoxy groups -OCH3 is 1. The van der Waals surface area contributed by atoms with Crippen molar-refractivity contribution in [1.29, 1.82) is 0 Å². The summed E-state index contributed by atoms with van der Waals surface area (Å²) in [6.07, 6.45) is 12.9. The van der Waals surface area contributed by atoms with E-state index in [0.29, 0.717) is 19.0 Å². The highest BCUT2D eigenvalue weighted by molar-refractivity contribution is 5.79. The molecule has 4 rings (SSSR count). The van der Waals surface area contributed by atoms with E-state index in [9.17, 15) is 4.79 Å². The zero-order valence-electron chi connectivity index (χ0n) is 17.4. The summed E-state index contributed by atoms with van der Waals surface area (Å²) in [5.41, 5.74) is 2.51. The van der Waals surface area contributed by atoms with Crippen molar-refractivity contribution in [1.82, 2.24) is 19.7 Å². The molecule has 1 aliphatic rings. The van der Waals surface area contributed by atoms with Crippen molar-refractivity contribution in [2.75, 3.05) is 19.0 Å². The number of ether oxygens (including phenoxy) is 1. The van der Waals surface area contributed by atoms with Gasteiger partial charge in [-0.1, -0.05) is 37.8 Å². The van der Waals surface area contributed by atoms with E-state index in [1.807, 2.05) is 34.9 Å². The molecule has 3 aromatic rings. The molecule has 0 radical (unpaired) electrons. The second-order valence-electron chi connectivity index (χ2n) is 7.78. The van der Waals surface area contributed by atoms with Gasteiger partial charge in [0.15, 0.2) is 5.65 Å². The number of imidazole rings is 1. The van der Waals surface area contributed by atoms with Crippen LogP contribution in [0.4, 0.5) is 5.82 Å². The smallest absolute Gasteiger partial charge is 0.221 e. The fourth-order valence-electron chi connectivity index (χ4n) is 4.07. The summed E-state index contributed by atoms with van der Waals surface area (Å²) in [6, 6.07) is 8.14. The van der Waals surface area contributed by atoms with Crippen LogP contribution < -0.4 is 15.4 Å². The summed E-state index contributed by atoms with van der Waals surface area (Å²) in [5, 5.41) is 6.63. The molecule has 1 aliphatic carbocycles. The molecule has 1 fully saturated rings. The lowest BCUT2D eigenvalue weighted by Gasteiger charge is -2.16. The van der Waals surface area contributed by atoms with Gasteiger partial charge in [-0.25, -0.2) is 4.98 Å². The van der Waals surface area contributed by atoms with Crippen LogP contribution in [0.5, 0.6) is 5.75 Å². The van der Waals surface area contributed by atoms with Crippen molar-refractivity contribution in [3.63, 3.8) is 0 Å². The molecule has 2 heterocycles. The predicted octanol–water partition coefficient (Wildman–Crippen LogP) is 4.05. The second kappa shape index (κ2) is 9.61. The van der Waals surface area contributed by atoms with E-state index in [1.165, 1.54) is 25.7 Å². The molecule has 1 saturated carbocycles. The number of fused-ring (bicyclic) bond motifs is 1. The molecule has 2 aromatic heterocycles. The number of nitrogens with zero attached hydrogens (tertiary/aromatic N) is 3. The SMILES string of the molecule is COc1cccc(-c2nc3cnccn3c2NCCC(=O)NC2CCCCCC2)c1. The number of carbonyl (C=O) groups is 1. The molecule has 0 spiro atoms. The van der Waals surface area contributed by atoms with Crippen molar-refractivity contribution in [2.45, 2.75) is 51.0 Å². The Balaban J connectivity index is 1.47. The molecular formula is C23H29N5O2. The molecule has 158 valence electrons. The number of hydrogen-bond acceptors (Lipinski definition) is 5. The maximum Gasteiger partial charge on any atom is 0.221 e. The first-order chi connectivity index (χ1) is 14.7. The molecule has 30 heavy (non-hydrogen) atoms. The van der Waals surface area contributed by atoms with Gasteiger partial charge in [-0.2, -0.15) is 0 Å². The van der Waals surface area contributed by atoms with E-state index < -0.39 is 0 Å². The van der Waals surface area contributed by atoms with Gasteiger partial charge >= 0.3 is 0 Å². The third-order valence-corrected chi connectivity index (χ3v) is 5.64. The monoisotopic (exact) mass is 407 g/mol. The number of carbonyl (C=O) groups excluding carboxylic acids is 1. The maximum absolute atomic E-state index is 12.5. The third-order valence-electron chi connectivity index (χ3n) is 5.64. The van der Waals surface area contributed by atoms with Gasteiger partial charge in [-0.3, -0.25) is 14.2 Å². The topological polar surface area (TPSA) is 80.6 Å². The summed E-state index contributed by atoms with van der Waals surface area (Å²) >= 11 is 0. The fraction of sp³-hybridized carbons (Fsp3) is 0.435. The highest BCUT2D eigenvalue weighted by Crippen LogP contribution is 2.30. The number of amides is 1. The Morgan fingerprint density at radius 2 is 2.07 bits per heavy atom. The molecule has 0 atom stereocenters. The zero-order chi connectivity index (χ0) is 20.8. The number of anilines is 1. The predicted molar refractivity (Wildman–Crippen MR) is 118 cm³/mol. The fourth-order valence-corrected chi connectivity index (χ4v) is 4.07. The standard InChI is InChI=1S/C23H29N5O2/c1-30-19-10-6-7-17(15-19)22-23(28-14-13-24-16-20(28)27-22)25-12-11-21(29)26-18-8-4-2-3-5-9-18/h6-7,10,13-16,18,25H,2-5,8-9,11-12H2,1H3,(H,26,29). The highest BCUT2D eigenvalue weighted by Gasteiger charge is 2.17. The summed E-state index contributed by atoms with van der Waals surface area (Å²) in [4.78, 5) is 21.4. The Labute approximate surface area is 176 Å². The number of aromatic nitrogens is 3. The van der Waals surface area contributed by atoms with Crippen LogP contribution in [0.1, 0.15) is 44.9 Å². The van der Waals surface area contributed by atoms with Crippen molar-refractivity contribution >= 4 is 17.4 Å². The minimum Gasteiger partial charge on any atom is -0.497 e. The van der Waals surface area contributed by atoms with Gasteiger partial charge in [0.25, 0.3) is 0 Å². The minimum absolute atomic E-state index is 0.104. The van der Waals surface area contributed by atoms with Crippen LogP contribution in [0.2, 0.25) is 0 Å². The normalized spacial score (nSPS) is 15.0. The molecule has 0 saturated heterocycles. The first-order valence-corrected chi connectivity index (χ1v) is 10.7. The Kier molecular flexibility index (Phi) is 6.47. The molecule has 0 unspecified atom stereocenters. The first-order valence-electron chi connectivity index (χ1n) is 10.7. The lowest BCUT2D eigenvalue weighted by molar-refractivity contribution is -0.121. The summed E-state index contributed by atoms with van der Waals surface area (Å²) in [7, 11) is 1.65. The van der Waals surface area contributed by atoms with E-state index in [4.69, 9.17) is 9.72 Å². The number of rotatable bonds is 7. The largest absolute Gasteiger partial charge is 0.497 e. The van der Waals surface area contributed by atoms with Crippen LogP contribution >= 0.6 is 0 Å². The highest BCUT2D eigenvalue weighted by atomic mass is 16.5. The molecule has 2 N–H and O–H groups in total. The van der Waals surface area contributed by atoms with E-state index in [-0.39, 0.29) is 5.91 Å². The molecule has 7 heteroatoms. The Hall–Kier alpha value is -3.09. The van der Waals surface area contributed by atoms with Gasteiger partial charge in [0.2, 0.25) is 5.91 Å². The lowest BCUT2D eigenvalue weighted by Crippen LogP contribution is -2.35. The Morgan fingerprint density at radius 3 is 2.87 bits per heavy atom. The van der Waals surface area contributed by atoms with Gasteiger partial charge in [-0.15, -0.1) is 0 Å². The average Bonchev–Trinajstić information content (AvgIpc) is 2.94. The summed E-state index contributed by atoms with van der Waals surface area (Å²) in [6.45, 7) is 0.533. The molecule has 7 nitrogen and oxygen atoms in total. The van der Waals surface area contributed by atoms with Crippen molar-refractivity contribution < 1.29 is 9.53 Å². The number of hydrogen-bond donors (Lipinski definition) is 2. The number of benzene rings is 1. The van der Waals surface area contributed by atoms with Crippen LogP contribution in [0, 0.1) is 0 Å². The van der Waals surface area contributed by atoms with Gasteiger partial charge in [0.05, 0.1) is 13.3 Å². The van der Waals surface area contributed by atoms with Gasteiger partial charge in [0.1, 0.15) is 17.3 Å². The molecular weight excluding hydrogens is 378 g/mol. The van der Waals surface area contributed by atoms with Crippen LogP contribution in [-0.4, -0.2) is 40.0 Å². The maximum atomic E-state index is 12.5. The third kappa shape index (κ3) is 4.72. The molecule has 1 aromatic carbocycles. The first kappa shape index (κ1) is 20.2. The van der Waals surface area contributed by atoms with Crippen LogP contribution in [0.25, 0.3) is 16.9 Å². The molecule has 1 amide bonds. The minimum atomic E-state index is 0.104. The van der Waals surface area contributed by atoms with Crippen LogP contribution in [-0.2, 0) is 4.79 Å². The quantitative estimate of drug-likeness (QED) is 0.578. The lowest BCUT2D eigenvalue weighted by atomic mass is 10.1. The average molecular weight is 408 g/mol. The van der Waals surface area contributed by atoms with E-state index >= 15 is 0 Å². The Morgan fingerprint density at radius 1 is 1.23 bits per heavy atom. The zero-order valence-corrected chi connectivity index (χ0v) is 17.4. The van der Waals surface area contributed by atoms with Crippen molar-refractivity contribution in [3.05, 3.63) is 42.9 Å². The molecule has 0 aliphatic heterocycles. The van der Waals surface area contributed by atoms with Crippen molar-refractivity contribution in [3.8, 4) is 17.0 Å². The Bertz CT molecular complexity index is 992. The van der Waals surface area contributed by atoms with Gasteiger partial charge in [-0.05, 0) is 25.0 Å². The summed E-state index contributed by atoms with van der Waals surface area (Å²) < 4.78 is 7.33. The number of nitrogens with one attached hydrogen (secondary N) is 2. The molecule has 0 bridgehead atoms. The van der Waals surface area contributed by atoms with Gasteiger partial charge in [0, 0.05) is 37.0 Å². The summed E-state index contributed by atoms with van der Waals surface area (Å²) in [5.74, 6) is 1.73. The van der Waals surface area contributed by atoms with E-state index in [2.05, 4.69) is 15.6 Å². The van der Waals surface area contributed by atoms with Crippen molar-refractivity contribution in [2.24, 2.45) is 0 Å².